The van der Waals surface area contributed by atoms with Gasteiger partial charge in [-0.3, -0.25) is 28.9 Å². The first-order valence-electron chi connectivity index (χ1n) is 11.8. The van der Waals surface area contributed by atoms with Gasteiger partial charge in [-0.2, -0.15) is 0 Å². The molecule has 0 radical (unpaired) electrons. The van der Waals surface area contributed by atoms with E-state index >= 15 is 4.39 Å². The average molecular weight is 504 g/mol. The minimum Gasteiger partial charge on any atom is -0.507 e. The zero-order valence-corrected chi connectivity index (χ0v) is 20.5. The van der Waals surface area contributed by atoms with Crippen molar-refractivity contribution >= 4 is 29.0 Å². The lowest BCUT2D eigenvalue weighted by Gasteiger charge is -2.52. The first kappa shape index (κ1) is 26.1. The van der Waals surface area contributed by atoms with Crippen molar-refractivity contribution < 1.29 is 38.6 Å². The van der Waals surface area contributed by atoms with Crippen LogP contribution >= 0.6 is 0 Å². The predicted molar refractivity (Wildman–Crippen MR) is 123 cm³/mol. The Morgan fingerprint density at radius 2 is 1.89 bits per heavy atom. The normalized spacial score (nSPS) is 31.9. The van der Waals surface area contributed by atoms with Gasteiger partial charge in [-0.15, -0.1) is 0 Å². The summed E-state index contributed by atoms with van der Waals surface area (Å²) in [6.07, 6.45) is -0.237. The molecule has 3 aliphatic carbocycles. The Labute approximate surface area is 207 Å². The summed E-state index contributed by atoms with van der Waals surface area (Å²) >= 11 is 0. The van der Waals surface area contributed by atoms with Crippen molar-refractivity contribution in [2.24, 2.45) is 29.4 Å². The highest BCUT2D eigenvalue weighted by Gasteiger charge is 2.69. The Morgan fingerprint density at radius 3 is 2.44 bits per heavy atom. The van der Waals surface area contributed by atoms with Crippen LogP contribution in [0.25, 0.3) is 0 Å². The Bertz CT molecular complexity index is 1200. The van der Waals surface area contributed by atoms with Crippen LogP contribution in [0.3, 0.4) is 0 Å². The van der Waals surface area contributed by atoms with Crippen LogP contribution < -0.4 is 11.1 Å². The number of fused-ring (bicyclic) bond motifs is 3. The van der Waals surface area contributed by atoms with Gasteiger partial charge in [0.15, 0.2) is 34.7 Å². The molecule has 4 rings (SSSR count). The van der Waals surface area contributed by atoms with Gasteiger partial charge in [0.05, 0.1) is 17.5 Å². The maximum Gasteiger partial charge on any atom is 0.235 e. The van der Waals surface area contributed by atoms with Gasteiger partial charge in [0.1, 0.15) is 11.6 Å². The van der Waals surface area contributed by atoms with Crippen molar-refractivity contribution in [3.63, 3.8) is 0 Å². The molecule has 6 atom stereocenters. The number of phenolic OH excluding ortho intramolecular Hbond substituents is 1. The van der Waals surface area contributed by atoms with Gasteiger partial charge < -0.3 is 21.3 Å². The Kier molecular flexibility index (Phi) is 6.39. The highest BCUT2D eigenvalue weighted by molar-refractivity contribution is 6.32. The lowest BCUT2D eigenvalue weighted by Crippen LogP contribution is -2.74. The number of hydrogen-bond donors (Lipinski definition) is 4. The number of amides is 1. The SMILES string of the molecule is CC(C)NCc1cc(O)c2c(c1F)C[C@H]1C[C@H]3[C@H](N(C)C)C(=O)C(C(N)=O)C(=O)[C@@]3(O)C(=O)C1C2=O. The van der Waals surface area contributed by atoms with Gasteiger partial charge >= 0.3 is 0 Å². The van der Waals surface area contributed by atoms with Crippen LogP contribution in [0.15, 0.2) is 6.07 Å². The molecular formula is C25H30FN3O7. The number of halogens is 1. The number of phenols is 1. The summed E-state index contributed by atoms with van der Waals surface area (Å²) < 4.78 is 15.5. The van der Waals surface area contributed by atoms with E-state index < -0.39 is 75.9 Å². The molecule has 10 nitrogen and oxygen atoms in total. The van der Waals surface area contributed by atoms with E-state index in [1.54, 1.807) is 0 Å². The van der Waals surface area contributed by atoms with E-state index in [0.29, 0.717) is 0 Å². The molecule has 0 spiro atoms. The topological polar surface area (TPSA) is 167 Å². The monoisotopic (exact) mass is 503 g/mol. The number of nitrogens with zero attached hydrogens (tertiary/aromatic N) is 1. The molecule has 2 unspecified atom stereocenters. The van der Waals surface area contributed by atoms with E-state index in [0.717, 1.165) is 6.07 Å². The molecule has 194 valence electrons. The molecule has 2 saturated carbocycles. The van der Waals surface area contributed by atoms with Gasteiger partial charge in [-0.05, 0) is 38.9 Å². The third kappa shape index (κ3) is 3.60. The molecule has 0 saturated heterocycles. The van der Waals surface area contributed by atoms with E-state index in [-0.39, 0.29) is 42.1 Å². The van der Waals surface area contributed by atoms with E-state index in [1.165, 1.54) is 19.0 Å². The second kappa shape index (κ2) is 8.82. The van der Waals surface area contributed by atoms with Crippen LogP contribution in [-0.4, -0.2) is 75.9 Å². The number of primary amides is 1. The van der Waals surface area contributed by atoms with Crippen LogP contribution in [0.5, 0.6) is 5.75 Å². The Balaban J connectivity index is 1.83. The number of benzene rings is 1. The third-order valence-electron chi connectivity index (χ3n) is 7.77. The fourth-order valence-electron chi connectivity index (χ4n) is 6.15. The van der Waals surface area contributed by atoms with E-state index in [1.807, 2.05) is 13.8 Å². The van der Waals surface area contributed by atoms with Gasteiger partial charge in [-0.1, -0.05) is 13.8 Å². The molecule has 1 aromatic rings. The number of ketones is 4. The number of aromatic hydroxyl groups is 1. The molecular weight excluding hydrogens is 473 g/mol. The number of nitrogens with two attached hydrogens (primary N) is 1. The third-order valence-corrected chi connectivity index (χ3v) is 7.77. The van der Waals surface area contributed by atoms with Crippen molar-refractivity contribution in [3.8, 4) is 5.75 Å². The van der Waals surface area contributed by atoms with Crippen molar-refractivity contribution in [1.82, 2.24) is 10.2 Å². The van der Waals surface area contributed by atoms with Crippen LogP contribution in [-0.2, 0) is 32.1 Å². The van der Waals surface area contributed by atoms with E-state index in [2.05, 4.69) is 5.32 Å². The van der Waals surface area contributed by atoms with Crippen molar-refractivity contribution in [2.75, 3.05) is 14.1 Å². The fourth-order valence-corrected chi connectivity index (χ4v) is 6.15. The number of aliphatic hydroxyl groups is 1. The van der Waals surface area contributed by atoms with Crippen LogP contribution in [0.2, 0.25) is 0 Å². The van der Waals surface area contributed by atoms with Gasteiger partial charge in [-0.25, -0.2) is 4.39 Å². The molecule has 1 amide bonds. The first-order valence-corrected chi connectivity index (χ1v) is 11.8. The van der Waals surface area contributed by atoms with Crippen LogP contribution in [0.4, 0.5) is 4.39 Å². The zero-order chi connectivity index (χ0) is 26.9. The molecule has 11 heteroatoms. The minimum absolute atomic E-state index is 0.0371. The lowest BCUT2D eigenvalue weighted by molar-refractivity contribution is -0.181. The van der Waals surface area contributed by atoms with Crippen molar-refractivity contribution in [3.05, 3.63) is 28.6 Å². The minimum atomic E-state index is -2.80. The number of carbonyl (C=O) groups is 5. The predicted octanol–water partition coefficient (Wildman–Crippen LogP) is -0.496. The molecule has 0 aromatic heterocycles. The maximum absolute atomic E-state index is 15.5. The van der Waals surface area contributed by atoms with Crippen molar-refractivity contribution in [1.29, 1.82) is 0 Å². The summed E-state index contributed by atoms with van der Waals surface area (Å²) in [4.78, 5) is 66.8. The number of hydrogen-bond acceptors (Lipinski definition) is 9. The quantitative estimate of drug-likeness (QED) is 0.388. The van der Waals surface area contributed by atoms with Gasteiger partial charge in [0.2, 0.25) is 5.91 Å². The smallest absolute Gasteiger partial charge is 0.235 e. The second-order valence-corrected chi connectivity index (χ2v) is 10.5. The Hall–Kier alpha value is -3.02. The summed E-state index contributed by atoms with van der Waals surface area (Å²) in [7, 11) is 3.00. The fraction of sp³-hybridized carbons (Fsp3) is 0.560. The molecule has 5 N–H and O–H groups in total. The lowest BCUT2D eigenvalue weighted by atomic mass is 9.52. The second-order valence-electron chi connectivity index (χ2n) is 10.5. The number of rotatable bonds is 5. The summed E-state index contributed by atoms with van der Waals surface area (Å²) in [6, 6.07) is -0.0374. The molecule has 0 aliphatic heterocycles. The Morgan fingerprint density at radius 1 is 1.25 bits per heavy atom. The number of carbonyl (C=O) groups excluding carboxylic acids is 5. The standard InChI is InChI=1S/C25H30FN3O7/c1-9(2)28-8-11-7-14(30)16-12(18(11)26)5-10-6-13-19(29(3)4)21(32)17(24(27)35)23(34)25(13,36)22(33)15(10)20(16)31/h7,9-10,13,15,17,19,28,30,36H,5-6,8H2,1-4H3,(H2,27,35)/t10-,13-,15?,17?,19-,25-/m0/s1. The largest absolute Gasteiger partial charge is 0.507 e. The van der Waals surface area contributed by atoms with Gasteiger partial charge in [0, 0.05) is 29.6 Å². The highest BCUT2D eigenvalue weighted by atomic mass is 19.1. The zero-order valence-electron chi connectivity index (χ0n) is 20.5. The summed E-state index contributed by atoms with van der Waals surface area (Å²) in [5.41, 5.74) is 2.25. The van der Waals surface area contributed by atoms with Crippen LogP contribution in [0, 0.1) is 29.5 Å². The number of likely N-dealkylation sites (N-methyl/N-ethyl adjacent to an activating group) is 1. The van der Waals surface area contributed by atoms with Crippen LogP contribution in [0.1, 0.15) is 41.8 Å². The molecule has 0 bridgehead atoms. The maximum atomic E-state index is 15.5. The first-order chi connectivity index (χ1) is 16.7. The number of Topliss-reactive ketones (excluding diaryl/α,β-unsaturated/α-hetero) is 4. The van der Waals surface area contributed by atoms with E-state index in [4.69, 9.17) is 5.73 Å². The average Bonchev–Trinajstić information content (AvgIpc) is 2.77. The summed E-state index contributed by atoms with van der Waals surface area (Å²) in [5.74, 6) is -12.3. The molecule has 1 aromatic carbocycles. The summed E-state index contributed by atoms with van der Waals surface area (Å²) in [6.45, 7) is 3.85. The molecule has 2 fully saturated rings. The summed E-state index contributed by atoms with van der Waals surface area (Å²) in [5, 5.41) is 25.2. The highest BCUT2D eigenvalue weighted by Crippen LogP contribution is 2.51. The molecule has 0 heterocycles. The van der Waals surface area contributed by atoms with E-state index in [9.17, 15) is 34.2 Å². The molecule has 3 aliphatic rings. The molecule has 36 heavy (non-hydrogen) atoms. The number of nitrogens with one attached hydrogen (secondary N) is 1. The van der Waals surface area contributed by atoms with Gasteiger partial charge in [0.25, 0.3) is 0 Å². The van der Waals surface area contributed by atoms with Crippen molar-refractivity contribution in [2.45, 2.75) is 50.9 Å².